The molecule has 3 aromatic rings. The number of benzene rings is 1. The number of hydrogen-bond donors (Lipinski definition) is 1. The van der Waals surface area contributed by atoms with E-state index in [0.717, 1.165) is 12.0 Å². The maximum absolute atomic E-state index is 12.3. The SMILES string of the molecule is CCc1ccc(NS(=O)(=O)c2ccc(-c3nnc(C)o3)o2)cc1. The molecule has 0 unspecified atom stereocenters. The van der Waals surface area contributed by atoms with Crippen molar-refractivity contribution in [2.75, 3.05) is 4.72 Å². The number of rotatable bonds is 5. The maximum atomic E-state index is 12.3. The van der Waals surface area contributed by atoms with E-state index in [0.29, 0.717) is 11.6 Å². The van der Waals surface area contributed by atoms with Crippen molar-refractivity contribution in [3.63, 3.8) is 0 Å². The summed E-state index contributed by atoms with van der Waals surface area (Å²) in [6.07, 6.45) is 0.887. The third-order valence-electron chi connectivity index (χ3n) is 3.20. The van der Waals surface area contributed by atoms with Crippen LogP contribution in [0.1, 0.15) is 18.4 Å². The average Bonchev–Trinajstić information content (AvgIpc) is 3.16. The number of hydrogen-bond acceptors (Lipinski definition) is 6. The lowest BCUT2D eigenvalue weighted by Gasteiger charge is -2.06. The summed E-state index contributed by atoms with van der Waals surface area (Å²) in [6.45, 7) is 3.67. The molecule has 0 saturated heterocycles. The zero-order valence-electron chi connectivity index (χ0n) is 12.6. The van der Waals surface area contributed by atoms with E-state index in [1.165, 1.54) is 12.1 Å². The Hall–Kier alpha value is -2.61. The number of anilines is 1. The van der Waals surface area contributed by atoms with Gasteiger partial charge in [0.15, 0.2) is 5.76 Å². The van der Waals surface area contributed by atoms with Crippen LogP contribution >= 0.6 is 0 Å². The molecule has 0 radical (unpaired) electrons. The van der Waals surface area contributed by atoms with E-state index in [1.54, 1.807) is 19.1 Å². The lowest BCUT2D eigenvalue weighted by Crippen LogP contribution is -2.12. The zero-order chi connectivity index (χ0) is 16.4. The first kappa shape index (κ1) is 15.3. The molecule has 0 atom stereocenters. The Morgan fingerprint density at radius 2 is 1.78 bits per heavy atom. The summed E-state index contributed by atoms with van der Waals surface area (Å²) in [4.78, 5) is 0. The van der Waals surface area contributed by atoms with Crippen molar-refractivity contribution in [1.29, 1.82) is 0 Å². The van der Waals surface area contributed by atoms with Gasteiger partial charge in [-0.25, -0.2) is 0 Å². The molecule has 1 aromatic carbocycles. The van der Waals surface area contributed by atoms with Crippen molar-refractivity contribution in [1.82, 2.24) is 10.2 Å². The summed E-state index contributed by atoms with van der Waals surface area (Å²) >= 11 is 0. The predicted octanol–water partition coefficient (Wildman–Crippen LogP) is 3.00. The number of aromatic nitrogens is 2. The Bertz CT molecular complexity index is 910. The molecule has 0 fully saturated rings. The van der Waals surface area contributed by atoms with Crippen molar-refractivity contribution in [2.45, 2.75) is 25.4 Å². The van der Waals surface area contributed by atoms with Gasteiger partial charge in [-0.1, -0.05) is 19.1 Å². The van der Waals surface area contributed by atoms with Crippen molar-refractivity contribution < 1.29 is 17.3 Å². The van der Waals surface area contributed by atoms with Gasteiger partial charge in [-0.2, -0.15) is 8.42 Å². The third kappa shape index (κ3) is 3.26. The van der Waals surface area contributed by atoms with E-state index < -0.39 is 10.0 Å². The number of nitrogens with zero attached hydrogens (tertiary/aromatic N) is 2. The molecule has 120 valence electrons. The fraction of sp³-hybridized carbons (Fsp3) is 0.200. The summed E-state index contributed by atoms with van der Waals surface area (Å²) in [5.41, 5.74) is 1.59. The van der Waals surface area contributed by atoms with Crippen LogP contribution in [0.5, 0.6) is 0 Å². The molecule has 0 saturated carbocycles. The normalized spacial score (nSPS) is 11.6. The van der Waals surface area contributed by atoms with E-state index in [4.69, 9.17) is 8.83 Å². The second-order valence-electron chi connectivity index (χ2n) is 4.90. The lowest BCUT2D eigenvalue weighted by atomic mass is 10.2. The predicted molar refractivity (Wildman–Crippen MR) is 83.4 cm³/mol. The van der Waals surface area contributed by atoms with Gasteiger partial charge in [0, 0.05) is 12.6 Å². The molecule has 0 aliphatic carbocycles. The molecule has 3 rings (SSSR count). The molecular weight excluding hydrogens is 318 g/mol. The van der Waals surface area contributed by atoms with Crippen LogP contribution in [0.15, 0.2) is 50.3 Å². The molecule has 2 heterocycles. The van der Waals surface area contributed by atoms with E-state index in [9.17, 15) is 8.42 Å². The van der Waals surface area contributed by atoms with Gasteiger partial charge in [0.1, 0.15) is 0 Å². The Morgan fingerprint density at radius 1 is 1.04 bits per heavy atom. The van der Waals surface area contributed by atoms with E-state index in [1.807, 2.05) is 19.1 Å². The molecule has 2 aromatic heterocycles. The van der Waals surface area contributed by atoms with Crippen molar-refractivity contribution >= 4 is 15.7 Å². The van der Waals surface area contributed by atoms with Gasteiger partial charge in [0.25, 0.3) is 15.9 Å². The number of sulfonamides is 1. The molecule has 8 heteroatoms. The van der Waals surface area contributed by atoms with Gasteiger partial charge < -0.3 is 8.83 Å². The third-order valence-corrected chi connectivity index (χ3v) is 4.45. The van der Waals surface area contributed by atoms with E-state index >= 15 is 0 Å². The highest BCUT2D eigenvalue weighted by Crippen LogP contribution is 2.25. The maximum Gasteiger partial charge on any atom is 0.295 e. The van der Waals surface area contributed by atoms with Crippen molar-refractivity contribution in [3.05, 3.63) is 47.9 Å². The Balaban J connectivity index is 1.83. The largest absolute Gasteiger partial charge is 0.438 e. The quantitative estimate of drug-likeness (QED) is 0.770. The summed E-state index contributed by atoms with van der Waals surface area (Å²) in [5.74, 6) is 0.707. The van der Waals surface area contributed by atoms with Crippen LogP contribution in [-0.4, -0.2) is 18.6 Å². The van der Waals surface area contributed by atoms with Gasteiger partial charge in [-0.05, 0) is 36.2 Å². The molecule has 7 nitrogen and oxygen atoms in total. The summed E-state index contributed by atoms with van der Waals surface area (Å²) in [7, 11) is -3.82. The minimum atomic E-state index is -3.82. The van der Waals surface area contributed by atoms with Gasteiger partial charge in [0.2, 0.25) is 11.0 Å². The second-order valence-corrected chi connectivity index (χ2v) is 6.51. The molecular formula is C15H15N3O4S. The van der Waals surface area contributed by atoms with E-state index in [2.05, 4.69) is 14.9 Å². The minimum Gasteiger partial charge on any atom is -0.438 e. The molecule has 0 spiro atoms. The Morgan fingerprint density at radius 3 is 2.39 bits per heavy atom. The second kappa shape index (κ2) is 5.88. The summed E-state index contributed by atoms with van der Waals surface area (Å²) in [5, 5.41) is 7.25. The number of aryl methyl sites for hydroxylation is 2. The van der Waals surface area contributed by atoms with Gasteiger partial charge in [-0.15, -0.1) is 10.2 Å². The highest BCUT2D eigenvalue weighted by atomic mass is 32.2. The van der Waals surface area contributed by atoms with Crippen molar-refractivity contribution in [3.8, 4) is 11.7 Å². The van der Waals surface area contributed by atoms with Gasteiger partial charge >= 0.3 is 0 Å². The lowest BCUT2D eigenvalue weighted by molar-refractivity contribution is 0.439. The fourth-order valence-electron chi connectivity index (χ4n) is 1.99. The van der Waals surface area contributed by atoms with Crippen LogP contribution in [0, 0.1) is 6.92 Å². The first-order chi connectivity index (χ1) is 11.0. The first-order valence-electron chi connectivity index (χ1n) is 7.00. The van der Waals surface area contributed by atoms with Gasteiger partial charge in [-0.3, -0.25) is 4.72 Å². The number of furan rings is 1. The van der Waals surface area contributed by atoms with Crippen LogP contribution < -0.4 is 4.72 Å². The standard InChI is InChI=1S/C15H15N3O4S/c1-3-11-4-6-12(7-5-11)18-23(19,20)14-9-8-13(22-14)15-17-16-10(2)21-15/h4-9,18H,3H2,1-2H3. The molecule has 23 heavy (non-hydrogen) atoms. The highest BCUT2D eigenvalue weighted by molar-refractivity contribution is 7.92. The number of nitrogens with one attached hydrogen (secondary N) is 1. The fourth-order valence-corrected chi connectivity index (χ4v) is 2.98. The van der Waals surface area contributed by atoms with Crippen LogP contribution in [0.4, 0.5) is 5.69 Å². The zero-order valence-corrected chi connectivity index (χ0v) is 13.4. The van der Waals surface area contributed by atoms with Crippen LogP contribution in [0.25, 0.3) is 11.7 Å². The first-order valence-corrected chi connectivity index (χ1v) is 8.48. The van der Waals surface area contributed by atoms with Crippen LogP contribution in [0.2, 0.25) is 0 Å². The monoisotopic (exact) mass is 333 g/mol. The smallest absolute Gasteiger partial charge is 0.295 e. The minimum absolute atomic E-state index is 0.135. The highest BCUT2D eigenvalue weighted by Gasteiger charge is 2.21. The topological polar surface area (TPSA) is 98.2 Å². The molecule has 0 aliphatic heterocycles. The van der Waals surface area contributed by atoms with Crippen molar-refractivity contribution in [2.24, 2.45) is 0 Å². The van der Waals surface area contributed by atoms with Gasteiger partial charge in [0.05, 0.1) is 0 Å². The van der Waals surface area contributed by atoms with Crippen LogP contribution in [-0.2, 0) is 16.4 Å². The molecule has 0 amide bonds. The van der Waals surface area contributed by atoms with Crippen LogP contribution in [0.3, 0.4) is 0 Å². The average molecular weight is 333 g/mol. The summed E-state index contributed by atoms with van der Waals surface area (Å²) < 4.78 is 37.7. The summed E-state index contributed by atoms with van der Waals surface area (Å²) in [6, 6.07) is 9.97. The Labute approximate surface area is 133 Å². The molecule has 0 aliphatic rings. The Kier molecular flexibility index (Phi) is 3.91. The van der Waals surface area contributed by atoms with E-state index in [-0.39, 0.29) is 16.7 Å². The molecule has 0 bridgehead atoms. The molecule has 1 N–H and O–H groups in total.